The van der Waals surface area contributed by atoms with Crippen LogP contribution in [-0.2, 0) is 21.4 Å². The summed E-state index contributed by atoms with van der Waals surface area (Å²) >= 11 is 0. The van der Waals surface area contributed by atoms with Gasteiger partial charge in [-0.2, -0.15) is 0 Å². The molecule has 4 rings (SSSR count). The van der Waals surface area contributed by atoms with Gasteiger partial charge >= 0.3 is 0 Å². The topological polar surface area (TPSA) is 40.6 Å². The van der Waals surface area contributed by atoms with Crippen LogP contribution in [0.15, 0.2) is 48.5 Å². The Kier molecular flexibility index (Phi) is 4.46. The number of likely N-dealkylation sites (N-methyl/N-ethyl adjacent to an activating group) is 1. The van der Waals surface area contributed by atoms with E-state index in [2.05, 4.69) is 0 Å². The molecule has 27 heavy (non-hydrogen) atoms. The molecule has 1 saturated heterocycles. The third-order valence-electron chi connectivity index (χ3n) is 5.90. The monoisotopic (exact) mass is 366 g/mol. The predicted octanol–water partition coefficient (Wildman–Crippen LogP) is 3.30. The van der Waals surface area contributed by atoms with E-state index in [1.54, 1.807) is 17.0 Å². The molecule has 2 amide bonds. The minimum atomic E-state index is -0.512. The zero-order chi connectivity index (χ0) is 19.0. The van der Waals surface area contributed by atoms with Gasteiger partial charge in [0.2, 0.25) is 11.8 Å². The van der Waals surface area contributed by atoms with E-state index in [1.807, 2.05) is 36.1 Å². The normalized spacial score (nSPS) is 18.1. The van der Waals surface area contributed by atoms with E-state index in [1.165, 1.54) is 12.1 Å². The average Bonchev–Trinajstić information content (AvgIpc) is 2.90. The molecule has 0 aromatic heterocycles. The van der Waals surface area contributed by atoms with Crippen LogP contribution in [0.25, 0.3) is 0 Å². The summed E-state index contributed by atoms with van der Waals surface area (Å²) in [5.41, 5.74) is 2.26. The number of piperidine rings is 1. The van der Waals surface area contributed by atoms with E-state index < -0.39 is 5.41 Å². The highest BCUT2D eigenvalue weighted by atomic mass is 19.1. The molecule has 4 nitrogen and oxygen atoms in total. The van der Waals surface area contributed by atoms with Crippen LogP contribution in [-0.4, -0.2) is 36.3 Å². The number of anilines is 1. The zero-order valence-electron chi connectivity index (χ0n) is 15.5. The Bertz CT molecular complexity index is 887. The molecule has 0 saturated carbocycles. The Balaban J connectivity index is 1.50. The van der Waals surface area contributed by atoms with E-state index in [0.717, 1.165) is 11.3 Å². The van der Waals surface area contributed by atoms with Gasteiger partial charge < -0.3 is 9.80 Å². The fourth-order valence-electron chi connectivity index (χ4n) is 4.46. The van der Waals surface area contributed by atoms with Crippen molar-refractivity contribution < 1.29 is 14.0 Å². The number of amides is 2. The van der Waals surface area contributed by atoms with Crippen LogP contribution in [0.1, 0.15) is 30.9 Å². The second kappa shape index (κ2) is 6.80. The van der Waals surface area contributed by atoms with E-state index in [4.69, 9.17) is 0 Å². The molecule has 2 heterocycles. The Labute approximate surface area is 158 Å². The fraction of sp³-hybridized carbons (Fsp3) is 0.364. The smallest absolute Gasteiger partial charge is 0.237 e. The van der Waals surface area contributed by atoms with Crippen molar-refractivity contribution in [1.29, 1.82) is 0 Å². The number of halogens is 1. The second-order valence-electron chi connectivity index (χ2n) is 7.34. The van der Waals surface area contributed by atoms with E-state index in [-0.39, 0.29) is 24.1 Å². The molecule has 0 atom stereocenters. The maximum Gasteiger partial charge on any atom is 0.237 e. The van der Waals surface area contributed by atoms with Crippen molar-refractivity contribution in [3.8, 4) is 0 Å². The number of nitrogens with zero attached hydrogens (tertiary/aromatic N) is 2. The first-order chi connectivity index (χ1) is 13.0. The van der Waals surface area contributed by atoms with Gasteiger partial charge in [0, 0.05) is 25.3 Å². The molecule has 2 aliphatic rings. The number of likely N-dealkylation sites (tertiary alicyclic amines) is 1. The second-order valence-corrected chi connectivity index (χ2v) is 7.34. The van der Waals surface area contributed by atoms with Gasteiger partial charge in [-0.3, -0.25) is 9.59 Å². The summed E-state index contributed by atoms with van der Waals surface area (Å²) in [7, 11) is 0. The summed E-state index contributed by atoms with van der Waals surface area (Å²) in [4.78, 5) is 29.5. The molecule has 5 heteroatoms. The van der Waals surface area contributed by atoms with Crippen LogP contribution in [0.4, 0.5) is 10.1 Å². The molecular formula is C22H23FN2O2. The molecule has 0 bridgehead atoms. The summed E-state index contributed by atoms with van der Waals surface area (Å²) in [6, 6.07) is 14.2. The van der Waals surface area contributed by atoms with Crippen molar-refractivity contribution in [2.45, 2.75) is 31.6 Å². The molecule has 2 aromatic rings. The minimum absolute atomic E-state index is 0.0125. The standard InChI is InChI=1S/C22H23FN2O2/c1-2-25-19-9-4-3-8-18(19)22(21(25)27)10-12-24(13-11-22)20(26)15-16-6-5-7-17(23)14-16/h3-9,14H,2,10-13,15H2,1H3. The van der Waals surface area contributed by atoms with Gasteiger partial charge in [-0.15, -0.1) is 0 Å². The molecule has 140 valence electrons. The van der Waals surface area contributed by atoms with Crippen molar-refractivity contribution in [2.75, 3.05) is 24.5 Å². The molecule has 2 aromatic carbocycles. The fourth-order valence-corrected chi connectivity index (χ4v) is 4.46. The maximum atomic E-state index is 13.3. The average molecular weight is 366 g/mol. The molecule has 1 fully saturated rings. The highest BCUT2D eigenvalue weighted by molar-refractivity contribution is 6.08. The van der Waals surface area contributed by atoms with Gasteiger partial charge in [-0.25, -0.2) is 4.39 Å². The van der Waals surface area contributed by atoms with Crippen LogP contribution in [0.2, 0.25) is 0 Å². The zero-order valence-corrected chi connectivity index (χ0v) is 15.5. The van der Waals surface area contributed by atoms with E-state index in [0.29, 0.717) is 38.0 Å². The largest absolute Gasteiger partial charge is 0.342 e. The Morgan fingerprint density at radius 1 is 1.11 bits per heavy atom. The van der Waals surface area contributed by atoms with Crippen LogP contribution in [0, 0.1) is 5.82 Å². The SMILES string of the molecule is CCN1C(=O)C2(CCN(C(=O)Cc3cccc(F)c3)CC2)c2ccccc21. The first-order valence-electron chi connectivity index (χ1n) is 9.49. The maximum absolute atomic E-state index is 13.3. The third kappa shape index (κ3) is 2.91. The molecular weight excluding hydrogens is 343 g/mol. The molecule has 2 aliphatic heterocycles. The molecule has 0 aliphatic carbocycles. The lowest BCUT2D eigenvalue weighted by Gasteiger charge is -2.38. The number of hydrogen-bond acceptors (Lipinski definition) is 2. The van der Waals surface area contributed by atoms with Crippen LogP contribution >= 0.6 is 0 Å². The van der Waals surface area contributed by atoms with Crippen molar-refractivity contribution in [2.24, 2.45) is 0 Å². The number of fused-ring (bicyclic) bond motifs is 2. The number of benzene rings is 2. The van der Waals surface area contributed by atoms with Crippen LogP contribution in [0.3, 0.4) is 0 Å². The summed E-state index contributed by atoms with van der Waals surface area (Å²) in [6.07, 6.45) is 1.46. The van der Waals surface area contributed by atoms with Crippen molar-refractivity contribution in [3.05, 3.63) is 65.5 Å². The van der Waals surface area contributed by atoms with Gasteiger partial charge in [0.15, 0.2) is 0 Å². The number of hydrogen-bond donors (Lipinski definition) is 0. The lowest BCUT2D eigenvalue weighted by molar-refractivity contribution is -0.135. The van der Waals surface area contributed by atoms with Gasteiger partial charge in [0.25, 0.3) is 0 Å². The predicted molar refractivity (Wildman–Crippen MR) is 102 cm³/mol. The number of carbonyl (C=O) groups excluding carboxylic acids is 2. The number of carbonyl (C=O) groups is 2. The van der Waals surface area contributed by atoms with Crippen LogP contribution in [0.5, 0.6) is 0 Å². The number of rotatable bonds is 3. The molecule has 1 spiro atoms. The quantitative estimate of drug-likeness (QED) is 0.836. The third-order valence-corrected chi connectivity index (χ3v) is 5.90. The molecule has 0 unspecified atom stereocenters. The summed E-state index contributed by atoms with van der Waals surface area (Å²) in [6.45, 7) is 3.74. The highest BCUT2D eigenvalue weighted by Crippen LogP contribution is 2.47. The van der Waals surface area contributed by atoms with Gasteiger partial charge in [0.1, 0.15) is 5.82 Å². The van der Waals surface area contributed by atoms with Gasteiger partial charge in [-0.05, 0) is 49.1 Å². The Morgan fingerprint density at radius 2 is 1.85 bits per heavy atom. The van der Waals surface area contributed by atoms with Crippen molar-refractivity contribution >= 4 is 17.5 Å². The molecule has 0 N–H and O–H groups in total. The van der Waals surface area contributed by atoms with Crippen LogP contribution < -0.4 is 4.90 Å². The minimum Gasteiger partial charge on any atom is -0.342 e. The summed E-state index contributed by atoms with van der Waals surface area (Å²) < 4.78 is 13.3. The Hall–Kier alpha value is -2.69. The highest BCUT2D eigenvalue weighted by Gasteiger charge is 2.51. The first-order valence-corrected chi connectivity index (χ1v) is 9.49. The lowest BCUT2D eigenvalue weighted by Crippen LogP contribution is -2.50. The first kappa shape index (κ1) is 17.7. The molecule has 0 radical (unpaired) electrons. The van der Waals surface area contributed by atoms with Crippen molar-refractivity contribution in [3.63, 3.8) is 0 Å². The summed E-state index contributed by atoms with van der Waals surface area (Å²) in [5.74, 6) is -0.185. The van der Waals surface area contributed by atoms with Gasteiger partial charge in [-0.1, -0.05) is 30.3 Å². The van der Waals surface area contributed by atoms with Crippen molar-refractivity contribution in [1.82, 2.24) is 4.90 Å². The lowest BCUT2D eigenvalue weighted by atomic mass is 9.73. The Morgan fingerprint density at radius 3 is 2.56 bits per heavy atom. The van der Waals surface area contributed by atoms with E-state index >= 15 is 0 Å². The van der Waals surface area contributed by atoms with Gasteiger partial charge in [0.05, 0.1) is 11.8 Å². The number of para-hydroxylation sites is 1. The summed E-state index contributed by atoms with van der Waals surface area (Å²) in [5, 5.41) is 0. The van der Waals surface area contributed by atoms with E-state index in [9.17, 15) is 14.0 Å².